The standard InChI is InChI=1S/C21H21N3O4/c22-16(9-12-5-7-13(25)8-6-12)20(26)24-11-18-15(10-19(24)21(27)28)14-3-1-2-4-17(14)23-18/h1-8,16,19,23,25H,9-11,22H2,(H,27,28)/t16-,19-/m0/s1. The Labute approximate surface area is 161 Å². The van der Waals surface area contributed by atoms with E-state index in [0.29, 0.717) is 0 Å². The lowest BCUT2D eigenvalue weighted by Gasteiger charge is -2.34. The Hall–Kier alpha value is -3.32. The van der Waals surface area contributed by atoms with Crippen LogP contribution < -0.4 is 5.73 Å². The third-order valence-electron chi connectivity index (χ3n) is 5.28. The van der Waals surface area contributed by atoms with Crippen LogP contribution in [0.3, 0.4) is 0 Å². The molecule has 0 saturated carbocycles. The number of H-pyrrole nitrogens is 1. The van der Waals surface area contributed by atoms with Crippen molar-refractivity contribution in [2.24, 2.45) is 5.73 Å². The third-order valence-corrected chi connectivity index (χ3v) is 5.28. The number of aliphatic carboxylic acids is 1. The average Bonchev–Trinajstić information content (AvgIpc) is 3.05. The highest BCUT2D eigenvalue weighted by Crippen LogP contribution is 2.30. The molecule has 0 radical (unpaired) electrons. The summed E-state index contributed by atoms with van der Waals surface area (Å²) < 4.78 is 0. The predicted octanol–water partition coefficient (Wildman–Crippen LogP) is 1.78. The Balaban J connectivity index is 1.60. The summed E-state index contributed by atoms with van der Waals surface area (Å²) in [7, 11) is 0. The van der Waals surface area contributed by atoms with E-state index in [4.69, 9.17) is 5.73 Å². The van der Waals surface area contributed by atoms with Gasteiger partial charge in [0.25, 0.3) is 0 Å². The van der Waals surface area contributed by atoms with Crippen molar-refractivity contribution in [1.82, 2.24) is 9.88 Å². The molecule has 1 aliphatic heterocycles. The van der Waals surface area contributed by atoms with Crippen molar-refractivity contribution < 1.29 is 19.8 Å². The second-order valence-electron chi connectivity index (χ2n) is 7.13. The highest BCUT2D eigenvalue weighted by molar-refractivity contribution is 5.90. The van der Waals surface area contributed by atoms with Gasteiger partial charge in [0, 0.05) is 23.0 Å². The van der Waals surface area contributed by atoms with Gasteiger partial charge in [-0.05, 0) is 35.7 Å². The number of fused-ring (bicyclic) bond motifs is 3. The number of hydrogen-bond acceptors (Lipinski definition) is 4. The number of phenols is 1. The molecule has 1 amide bonds. The number of hydrogen-bond donors (Lipinski definition) is 4. The summed E-state index contributed by atoms with van der Waals surface area (Å²) in [5.74, 6) is -1.30. The number of nitrogens with two attached hydrogens (primary N) is 1. The van der Waals surface area contributed by atoms with Crippen LogP contribution in [0.2, 0.25) is 0 Å². The maximum absolute atomic E-state index is 13.0. The van der Waals surface area contributed by atoms with Crippen molar-refractivity contribution in [2.75, 3.05) is 0 Å². The number of benzene rings is 2. The fraction of sp³-hybridized carbons (Fsp3) is 0.238. The van der Waals surface area contributed by atoms with Crippen molar-refractivity contribution in [2.45, 2.75) is 31.5 Å². The van der Waals surface area contributed by atoms with Crippen LogP contribution in [0.5, 0.6) is 5.75 Å². The SMILES string of the molecule is N[C@@H](Cc1ccc(O)cc1)C(=O)N1Cc2[nH]c3ccccc3c2C[C@H]1C(=O)O. The topological polar surface area (TPSA) is 120 Å². The molecule has 1 aromatic heterocycles. The van der Waals surface area contributed by atoms with Crippen molar-refractivity contribution in [1.29, 1.82) is 0 Å². The molecule has 0 unspecified atom stereocenters. The van der Waals surface area contributed by atoms with Gasteiger partial charge in [0.15, 0.2) is 0 Å². The summed E-state index contributed by atoms with van der Waals surface area (Å²) in [6.07, 6.45) is 0.508. The first-order valence-electron chi connectivity index (χ1n) is 9.09. The van der Waals surface area contributed by atoms with Crippen LogP contribution in [0, 0.1) is 0 Å². The maximum atomic E-state index is 13.0. The Kier molecular flexibility index (Phi) is 4.52. The minimum Gasteiger partial charge on any atom is -0.508 e. The molecular weight excluding hydrogens is 358 g/mol. The lowest BCUT2D eigenvalue weighted by Crippen LogP contribution is -2.54. The number of amides is 1. The first-order valence-corrected chi connectivity index (χ1v) is 9.09. The van der Waals surface area contributed by atoms with E-state index in [1.807, 2.05) is 24.3 Å². The molecule has 0 fully saturated rings. The van der Waals surface area contributed by atoms with Crippen LogP contribution in [0.25, 0.3) is 10.9 Å². The normalized spacial score (nSPS) is 17.3. The van der Waals surface area contributed by atoms with Crippen molar-refractivity contribution in [3.63, 3.8) is 0 Å². The zero-order valence-electron chi connectivity index (χ0n) is 15.1. The molecule has 2 atom stereocenters. The largest absolute Gasteiger partial charge is 0.508 e. The number of carboxylic acid groups (broad SMARTS) is 1. The smallest absolute Gasteiger partial charge is 0.326 e. The van der Waals surface area contributed by atoms with Gasteiger partial charge in [-0.15, -0.1) is 0 Å². The summed E-state index contributed by atoms with van der Waals surface area (Å²) in [6, 6.07) is 12.4. The van der Waals surface area contributed by atoms with E-state index in [0.717, 1.165) is 27.7 Å². The average molecular weight is 379 g/mol. The molecule has 2 heterocycles. The highest BCUT2D eigenvalue weighted by Gasteiger charge is 2.38. The molecular formula is C21H21N3O4. The van der Waals surface area contributed by atoms with E-state index >= 15 is 0 Å². The molecule has 4 rings (SSSR count). The number of carbonyl (C=O) groups excluding carboxylic acids is 1. The second kappa shape index (κ2) is 7.01. The van der Waals surface area contributed by atoms with E-state index < -0.39 is 24.0 Å². The number of para-hydroxylation sites is 1. The van der Waals surface area contributed by atoms with Gasteiger partial charge in [0.2, 0.25) is 5.91 Å². The molecule has 0 spiro atoms. The molecule has 7 nitrogen and oxygen atoms in total. The Morgan fingerprint density at radius 2 is 1.89 bits per heavy atom. The summed E-state index contributed by atoms with van der Waals surface area (Å²) >= 11 is 0. The quantitative estimate of drug-likeness (QED) is 0.551. The highest BCUT2D eigenvalue weighted by atomic mass is 16.4. The fourth-order valence-electron chi connectivity index (χ4n) is 3.85. The zero-order chi connectivity index (χ0) is 19.8. The third kappa shape index (κ3) is 3.20. The number of nitrogens with one attached hydrogen (secondary N) is 1. The van der Waals surface area contributed by atoms with Gasteiger partial charge in [-0.25, -0.2) is 4.79 Å². The number of rotatable bonds is 4. The van der Waals surface area contributed by atoms with E-state index in [2.05, 4.69) is 4.98 Å². The Morgan fingerprint density at radius 3 is 2.61 bits per heavy atom. The van der Waals surface area contributed by atoms with Gasteiger partial charge in [-0.2, -0.15) is 0 Å². The maximum Gasteiger partial charge on any atom is 0.326 e. The van der Waals surface area contributed by atoms with Crippen molar-refractivity contribution in [3.05, 3.63) is 65.4 Å². The molecule has 144 valence electrons. The van der Waals surface area contributed by atoms with Gasteiger partial charge in [-0.3, -0.25) is 4.79 Å². The Bertz CT molecular complexity index is 1040. The van der Waals surface area contributed by atoms with Gasteiger partial charge in [0.05, 0.1) is 12.6 Å². The first-order chi connectivity index (χ1) is 13.4. The number of carboxylic acids is 1. The summed E-state index contributed by atoms with van der Waals surface area (Å²) in [5, 5.41) is 20.1. The fourth-order valence-corrected chi connectivity index (χ4v) is 3.85. The van der Waals surface area contributed by atoms with Gasteiger partial charge < -0.3 is 25.8 Å². The van der Waals surface area contributed by atoms with E-state index in [-0.39, 0.29) is 25.1 Å². The molecule has 0 aliphatic carbocycles. The van der Waals surface area contributed by atoms with Crippen LogP contribution in [0.15, 0.2) is 48.5 Å². The van der Waals surface area contributed by atoms with E-state index in [9.17, 15) is 19.8 Å². The molecule has 0 saturated heterocycles. The molecule has 28 heavy (non-hydrogen) atoms. The lowest BCUT2D eigenvalue weighted by molar-refractivity contribution is -0.152. The first kappa shape index (κ1) is 18.1. The molecule has 3 aromatic rings. The van der Waals surface area contributed by atoms with Crippen LogP contribution in [0.4, 0.5) is 0 Å². The molecule has 7 heteroatoms. The van der Waals surface area contributed by atoms with Gasteiger partial charge in [0.1, 0.15) is 11.8 Å². The number of nitrogens with zero attached hydrogens (tertiary/aromatic N) is 1. The molecule has 2 aromatic carbocycles. The van der Waals surface area contributed by atoms with Crippen LogP contribution in [-0.4, -0.2) is 44.1 Å². The van der Waals surface area contributed by atoms with Crippen LogP contribution >= 0.6 is 0 Å². The summed E-state index contributed by atoms with van der Waals surface area (Å²) in [4.78, 5) is 29.5. The monoisotopic (exact) mass is 379 g/mol. The Morgan fingerprint density at radius 1 is 1.18 bits per heavy atom. The minimum atomic E-state index is -1.04. The predicted molar refractivity (Wildman–Crippen MR) is 104 cm³/mol. The van der Waals surface area contributed by atoms with E-state index in [1.54, 1.807) is 12.1 Å². The number of carbonyl (C=O) groups is 2. The number of aromatic hydroxyl groups is 1. The summed E-state index contributed by atoms with van der Waals surface area (Å²) in [5.41, 5.74) is 9.64. The molecule has 0 bridgehead atoms. The van der Waals surface area contributed by atoms with Gasteiger partial charge in [-0.1, -0.05) is 30.3 Å². The lowest BCUT2D eigenvalue weighted by atomic mass is 9.95. The van der Waals surface area contributed by atoms with Crippen molar-refractivity contribution >= 4 is 22.8 Å². The second-order valence-corrected chi connectivity index (χ2v) is 7.13. The van der Waals surface area contributed by atoms with Crippen LogP contribution in [-0.2, 0) is 29.0 Å². The summed E-state index contributed by atoms with van der Waals surface area (Å²) in [6.45, 7) is 0.184. The number of aromatic amines is 1. The number of phenolic OH excluding ortho intramolecular Hbond substituents is 1. The zero-order valence-corrected chi connectivity index (χ0v) is 15.1. The minimum absolute atomic E-state index is 0.136. The molecule has 5 N–H and O–H groups in total. The number of aromatic nitrogens is 1. The van der Waals surface area contributed by atoms with Gasteiger partial charge >= 0.3 is 5.97 Å². The van der Waals surface area contributed by atoms with Crippen molar-refractivity contribution in [3.8, 4) is 5.75 Å². The van der Waals surface area contributed by atoms with Crippen LogP contribution in [0.1, 0.15) is 16.8 Å². The molecule has 1 aliphatic rings. The van der Waals surface area contributed by atoms with E-state index in [1.165, 1.54) is 17.0 Å².